The summed E-state index contributed by atoms with van der Waals surface area (Å²) in [6, 6.07) is 10.4. The molecule has 6 heteroatoms. The number of nitrogens with one attached hydrogen (secondary N) is 1. The first-order valence-electron chi connectivity index (χ1n) is 7.56. The summed E-state index contributed by atoms with van der Waals surface area (Å²) in [5.74, 6) is -0.992. The minimum absolute atomic E-state index is 0.353. The lowest BCUT2D eigenvalue weighted by Crippen LogP contribution is -2.30. The van der Waals surface area contributed by atoms with Crippen molar-refractivity contribution in [1.29, 1.82) is 5.26 Å². The number of nitrogens with zero attached hydrogens (tertiary/aromatic N) is 1. The number of ether oxygens (including phenoxy) is 1. The average Bonchev–Trinajstić information content (AvgIpc) is 2.96. The number of rotatable bonds is 5. The molecule has 24 heavy (non-hydrogen) atoms. The van der Waals surface area contributed by atoms with Gasteiger partial charge in [-0.3, -0.25) is 4.79 Å². The number of carbonyl (C=O) groups excluding carboxylic acids is 2. The van der Waals surface area contributed by atoms with Crippen LogP contribution in [0.4, 0.5) is 5.69 Å². The van der Waals surface area contributed by atoms with Gasteiger partial charge in [0, 0.05) is 4.88 Å². The smallest absolute Gasteiger partial charge is 0.349 e. The molecule has 0 radical (unpaired) electrons. The highest BCUT2D eigenvalue weighted by Crippen LogP contribution is 2.23. The van der Waals surface area contributed by atoms with Crippen LogP contribution in [0.15, 0.2) is 30.3 Å². The molecule has 0 fully saturated rings. The molecule has 1 aromatic carbocycles. The molecule has 124 valence electrons. The average molecular weight is 342 g/mol. The van der Waals surface area contributed by atoms with Crippen molar-refractivity contribution < 1.29 is 14.3 Å². The van der Waals surface area contributed by atoms with Crippen LogP contribution in [0.2, 0.25) is 0 Å². The third-order valence-electron chi connectivity index (χ3n) is 3.50. The summed E-state index contributed by atoms with van der Waals surface area (Å²) in [5.41, 5.74) is 1.80. The third-order valence-corrected chi connectivity index (χ3v) is 4.86. The van der Waals surface area contributed by atoms with Crippen molar-refractivity contribution in [1.82, 2.24) is 0 Å². The molecule has 2 rings (SSSR count). The summed E-state index contributed by atoms with van der Waals surface area (Å²) in [5, 5.41) is 11.6. The van der Waals surface area contributed by atoms with Crippen LogP contribution in [0, 0.1) is 18.3 Å². The fraction of sp³-hybridized carbons (Fsp3) is 0.278. The van der Waals surface area contributed by atoms with E-state index in [4.69, 9.17) is 10.00 Å². The summed E-state index contributed by atoms with van der Waals surface area (Å²) in [7, 11) is 0. The second-order valence-corrected chi connectivity index (χ2v) is 6.40. The van der Waals surface area contributed by atoms with Gasteiger partial charge in [-0.05, 0) is 44.0 Å². The molecule has 1 heterocycles. The number of nitriles is 1. The fourth-order valence-corrected chi connectivity index (χ4v) is 3.16. The molecular weight excluding hydrogens is 324 g/mol. The van der Waals surface area contributed by atoms with Gasteiger partial charge in [0.15, 0.2) is 6.10 Å². The van der Waals surface area contributed by atoms with E-state index in [1.165, 1.54) is 18.3 Å². The Balaban J connectivity index is 2.03. The first-order chi connectivity index (χ1) is 11.5. The van der Waals surface area contributed by atoms with Crippen molar-refractivity contribution in [2.24, 2.45) is 0 Å². The van der Waals surface area contributed by atoms with Crippen molar-refractivity contribution >= 4 is 28.9 Å². The van der Waals surface area contributed by atoms with E-state index < -0.39 is 18.0 Å². The van der Waals surface area contributed by atoms with E-state index in [0.717, 1.165) is 16.9 Å². The number of aryl methyl sites for hydroxylation is 2. The van der Waals surface area contributed by atoms with E-state index in [-0.39, 0.29) is 0 Å². The molecule has 1 amide bonds. The van der Waals surface area contributed by atoms with Gasteiger partial charge in [0.2, 0.25) is 0 Å². The van der Waals surface area contributed by atoms with Crippen LogP contribution in [-0.2, 0) is 16.0 Å². The fourth-order valence-electron chi connectivity index (χ4n) is 2.17. The first-order valence-corrected chi connectivity index (χ1v) is 8.38. The van der Waals surface area contributed by atoms with Crippen LogP contribution in [0.1, 0.15) is 39.5 Å². The maximum absolute atomic E-state index is 12.2. The van der Waals surface area contributed by atoms with E-state index in [0.29, 0.717) is 16.1 Å². The maximum atomic E-state index is 12.2. The van der Waals surface area contributed by atoms with Gasteiger partial charge in [-0.15, -0.1) is 11.3 Å². The van der Waals surface area contributed by atoms with Gasteiger partial charge < -0.3 is 10.1 Å². The van der Waals surface area contributed by atoms with Crippen LogP contribution in [0.3, 0.4) is 0 Å². The van der Waals surface area contributed by atoms with Gasteiger partial charge >= 0.3 is 5.97 Å². The highest BCUT2D eigenvalue weighted by Gasteiger charge is 2.21. The quantitative estimate of drug-likeness (QED) is 0.841. The summed E-state index contributed by atoms with van der Waals surface area (Å²) >= 11 is 1.38. The monoisotopic (exact) mass is 342 g/mol. The molecule has 0 bridgehead atoms. The van der Waals surface area contributed by atoms with Crippen molar-refractivity contribution in [3.05, 3.63) is 51.2 Å². The van der Waals surface area contributed by atoms with Gasteiger partial charge in [0.05, 0.1) is 11.3 Å². The molecule has 0 aliphatic heterocycles. The largest absolute Gasteiger partial charge is 0.448 e. The molecule has 0 unspecified atom stereocenters. The van der Waals surface area contributed by atoms with E-state index >= 15 is 0 Å². The maximum Gasteiger partial charge on any atom is 0.349 e. The number of esters is 1. The lowest BCUT2D eigenvalue weighted by Gasteiger charge is -2.13. The molecule has 0 spiro atoms. The highest BCUT2D eigenvalue weighted by molar-refractivity contribution is 7.14. The second kappa shape index (κ2) is 7.75. The van der Waals surface area contributed by atoms with Crippen molar-refractivity contribution in [3.8, 4) is 6.07 Å². The second-order valence-electron chi connectivity index (χ2n) is 5.26. The number of hydrogen-bond acceptors (Lipinski definition) is 5. The summed E-state index contributed by atoms with van der Waals surface area (Å²) < 4.78 is 5.23. The molecule has 0 aliphatic rings. The molecule has 1 atom stereocenters. The zero-order chi connectivity index (χ0) is 17.7. The van der Waals surface area contributed by atoms with Crippen molar-refractivity contribution in [2.75, 3.05) is 5.32 Å². The number of amides is 1. The molecule has 0 saturated carbocycles. The molecule has 1 N–H and O–H groups in total. The van der Waals surface area contributed by atoms with Gasteiger partial charge in [-0.25, -0.2) is 4.79 Å². The Morgan fingerprint density at radius 1 is 1.38 bits per heavy atom. The molecule has 0 saturated heterocycles. The van der Waals surface area contributed by atoms with Crippen LogP contribution in [0.5, 0.6) is 0 Å². The Morgan fingerprint density at radius 2 is 2.08 bits per heavy atom. The minimum atomic E-state index is -0.961. The standard InChI is InChI=1S/C18H18N2O3S/c1-4-15-11(2)9-16(24-15)18(22)23-12(3)17(21)20-14-8-6-5-7-13(14)10-19/h5-9,12H,4H2,1-3H3,(H,20,21)/t12-/m1/s1. The molecule has 0 aliphatic carbocycles. The number of anilines is 1. The number of hydrogen-bond donors (Lipinski definition) is 1. The normalized spacial score (nSPS) is 11.4. The SMILES string of the molecule is CCc1sc(C(=O)O[C@H](C)C(=O)Nc2ccccc2C#N)cc1C. The summed E-state index contributed by atoms with van der Waals surface area (Å²) in [6.45, 7) is 5.47. The predicted octanol–water partition coefficient (Wildman–Crippen LogP) is 3.67. The lowest BCUT2D eigenvalue weighted by molar-refractivity contribution is -0.123. The lowest BCUT2D eigenvalue weighted by atomic mass is 10.2. The van der Waals surface area contributed by atoms with Crippen LogP contribution in [0.25, 0.3) is 0 Å². The third kappa shape index (κ3) is 4.00. The Kier molecular flexibility index (Phi) is 5.72. The first kappa shape index (κ1) is 17.7. The van der Waals surface area contributed by atoms with Crippen molar-refractivity contribution in [2.45, 2.75) is 33.3 Å². The minimum Gasteiger partial charge on any atom is -0.448 e. The van der Waals surface area contributed by atoms with Crippen molar-refractivity contribution in [3.63, 3.8) is 0 Å². The highest BCUT2D eigenvalue weighted by atomic mass is 32.1. The number of para-hydroxylation sites is 1. The Morgan fingerprint density at radius 3 is 2.71 bits per heavy atom. The van der Waals surface area contributed by atoms with Crippen LogP contribution < -0.4 is 5.32 Å². The zero-order valence-electron chi connectivity index (χ0n) is 13.8. The topological polar surface area (TPSA) is 79.2 Å². The zero-order valence-corrected chi connectivity index (χ0v) is 14.6. The number of thiophene rings is 1. The molecule has 1 aromatic heterocycles. The Hall–Kier alpha value is -2.65. The van der Waals surface area contributed by atoms with Gasteiger partial charge in [-0.1, -0.05) is 19.1 Å². The van der Waals surface area contributed by atoms with E-state index in [1.807, 2.05) is 19.9 Å². The predicted molar refractivity (Wildman–Crippen MR) is 93.1 cm³/mol. The van der Waals surface area contributed by atoms with E-state index in [2.05, 4.69) is 5.32 Å². The van der Waals surface area contributed by atoms with Gasteiger partial charge in [-0.2, -0.15) is 5.26 Å². The summed E-state index contributed by atoms with van der Waals surface area (Å²) in [4.78, 5) is 26.0. The van der Waals surface area contributed by atoms with E-state index in [1.54, 1.807) is 30.3 Å². The van der Waals surface area contributed by atoms with E-state index in [9.17, 15) is 9.59 Å². The van der Waals surface area contributed by atoms with Crippen LogP contribution in [-0.4, -0.2) is 18.0 Å². The molecule has 2 aromatic rings. The Labute approximate surface area is 144 Å². The molecular formula is C18H18N2O3S. The Bertz CT molecular complexity index is 805. The molecule has 5 nitrogen and oxygen atoms in total. The van der Waals surface area contributed by atoms with Gasteiger partial charge in [0.1, 0.15) is 10.9 Å². The van der Waals surface area contributed by atoms with Crippen LogP contribution >= 0.6 is 11.3 Å². The number of carbonyl (C=O) groups is 2. The number of benzene rings is 1. The van der Waals surface area contributed by atoms with Gasteiger partial charge in [0.25, 0.3) is 5.91 Å². The summed E-state index contributed by atoms with van der Waals surface area (Å²) in [6.07, 6.45) is -0.109.